The number of amides is 2. The average molecular weight is 232 g/mol. The summed E-state index contributed by atoms with van der Waals surface area (Å²) < 4.78 is 0. The first-order valence-electron chi connectivity index (χ1n) is 5.71. The van der Waals surface area contributed by atoms with Gasteiger partial charge in [-0.2, -0.15) is 0 Å². The van der Waals surface area contributed by atoms with E-state index in [9.17, 15) is 9.59 Å². The molecule has 1 aromatic rings. The minimum atomic E-state index is -0.568. The molecule has 90 valence electrons. The van der Waals surface area contributed by atoms with Crippen molar-refractivity contribution in [3.05, 3.63) is 24.3 Å². The van der Waals surface area contributed by atoms with Crippen molar-refractivity contribution < 1.29 is 9.59 Å². The zero-order valence-corrected chi connectivity index (χ0v) is 10.1. The Morgan fingerprint density at radius 1 is 1.41 bits per heavy atom. The van der Waals surface area contributed by atoms with Crippen molar-refractivity contribution in [3.63, 3.8) is 0 Å². The van der Waals surface area contributed by atoms with E-state index in [2.05, 4.69) is 0 Å². The van der Waals surface area contributed by atoms with Gasteiger partial charge in [-0.1, -0.05) is 19.9 Å². The first-order valence-corrected chi connectivity index (χ1v) is 5.71. The Labute approximate surface area is 100 Å². The summed E-state index contributed by atoms with van der Waals surface area (Å²) in [6.45, 7) is 3.76. The lowest BCUT2D eigenvalue weighted by atomic mass is 9.86. The number of nitrogens with two attached hydrogens (primary N) is 1. The SMILES string of the molecule is CCC1(C)CC(=O)N(c2cccc(N)c2)C1=O. The Hall–Kier alpha value is -1.84. The second-order valence-corrected chi connectivity index (χ2v) is 4.72. The van der Waals surface area contributed by atoms with E-state index in [1.54, 1.807) is 24.3 Å². The minimum Gasteiger partial charge on any atom is -0.399 e. The monoisotopic (exact) mass is 232 g/mol. The number of nitrogen functional groups attached to an aromatic ring is 1. The lowest BCUT2D eigenvalue weighted by Crippen LogP contribution is -2.33. The van der Waals surface area contributed by atoms with Gasteiger partial charge in [0.1, 0.15) is 0 Å². The molecule has 0 aromatic heterocycles. The standard InChI is InChI=1S/C13H16N2O2/c1-3-13(2)8-11(16)15(12(13)17)10-6-4-5-9(14)7-10/h4-7H,3,8,14H2,1-2H3. The van der Waals surface area contributed by atoms with Crippen LogP contribution in [0.2, 0.25) is 0 Å². The quantitative estimate of drug-likeness (QED) is 0.626. The number of imide groups is 1. The molecule has 0 spiro atoms. The fraction of sp³-hybridized carbons (Fsp3) is 0.385. The van der Waals surface area contributed by atoms with Crippen molar-refractivity contribution in [2.45, 2.75) is 26.7 Å². The normalized spacial score (nSPS) is 24.5. The Kier molecular flexibility index (Phi) is 2.65. The number of hydrogen-bond donors (Lipinski definition) is 1. The molecule has 2 N–H and O–H groups in total. The molecule has 1 aliphatic rings. The number of carbonyl (C=O) groups is 2. The van der Waals surface area contributed by atoms with Gasteiger partial charge in [0.25, 0.3) is 0 Å². The predicted octanol–water partition coefficient (Wildman–Crippen LogP) is 1.95. The van der Waals surface area contributed by atoms with Gasteiger partial charge in [0.15, 0.2) is 0 Å². The number of rotatable bonds is 2. The Bertz CT molecular complexity index is 484. The fourth-order valence-corrected chi connectivity index (χ4v) is 2.07. The van der Waals surface area contributed by atoms with E-state index >= 15 is 0 Å². The zero-order valence-electron chi connectivity index (χ0n) is 10.1. The summed E-state index contributed by atoms with van der Waals surface area (Å²) in [4.78, 5) is 25.4. The first-order chi connectivity index (χ1) is 7.98. The zero-order chi connectivity index (χ0) is 12.6. The molecule has 1 aliphatic heterocycles. The van der Waals surface area contributed by atoms with Gasteiger partial charge >= 0.3 is 0 Å². The van der Waals surface area contributed by atoms with E-state index in [0.29, 0.717) is 17.8 Å². The van der Waals surface area contributed by atoms with Gasteiger partial charge in [0.05, 0.1) is 11.1 Å². The lowest BCUT2D eigenvalue weighted by Gasteiger charge is -2.20. The molecule has 0 saturated carbocycles. The van der Waals surface area contributed by atoms with Crippen LogP contribution in [0.5, 0.6) is 0 Å². The van der Waals surface area contributed by atoms with Crippen LogP contribution in [0.3, 0.4) is 0 Å². The molecule has 1 unspecified atom stereocenters. The minimum absolute atomic E-state index is 0.129. The molecule has 2 rings (SSSR count). The molecule has 1 heterocycles. The Morgan fingerprint density at radius 2 is 2.12 bits per heavy atom. The van der Waals surface area contributed by atoms with Gasteiger partial charge < -0.3 is 5.73 Å². The topological polar surface area (TPSA) is 63.4 Å². The maximum atomic E-state index is 12.2. The van der Waals surface area contributed by atoms with E-state index in [4.69, 9.17) is 5.73 Å². The largest absolute Gasteiger partial charge is 0.399 e. The van der Waals surface area contributed by atoms with Gasteiger partial charge in [0, 0.05) is 12.1 Å². The van der Waals surface area contributed by atoms with Crippen molar-refractivity contribution in [1.82, 2.24) is 0 Å². The third kappa shape index (κ3) is 1.79. The van der Waals surface area contributed by atoms with Crippen LogP contribution in [0.15, 0.2) is 24.3 Å². The van der Waals surface area contributed by atoms with Crippen LogP contribution in [-0.4, -0.2) is 11.8 Å². The summed E-state index contributed by atoms with van der Waals surface area (Å²) in [7, 11) is 0. The summed E-state index contributed by atoms with van der Waals surface area (Å²) in [5.41, 5.74) is 6.22. The second-order valence-electron chi connectivity index (χ2n) is 4.72. The number of anilines is 2. The highest BCUT2D eigenvalue weighted by molar-refractivity contribution is 6.22. The van der Waals surface area contributed by atoms with Crippen LogP contribution in [-0.2, 0) is 9.59 Å². The molecule has 2 amide bonds. The maximum Gasteiger partial charge on any atom is 0.240 e. The molecule has 0 radical (unpaired) electrons. The Morgan fingerprint density at radius 3 is 2.65 bits per heavy atom. The summed E-state index contributed by atoms with van der Waals surface area (Å²) in [6.07, 6.45) is 0.938. The Balaban J connectivity index is 2.41. The molecule has 0 aliphatic carbocycles. The molecular formula is C13H16N2O2. The molecule has 1 atom stereocenters. The van der Waals surface area contributed by atoms with E-state index in [1.165, 1.54) is 4.90 Å². The highest BCUT2D eigenvalue weighted by atomic mass is 16.2. The van der Waals surface area contributed by atoms with Crippen LogP contribution < -0.4 is 10.6 Å². The third-order valence-electron chi connectivity index (χ3n) is 3.42. The van der Waals surface area contributed by atoms with Crippen molar-refractivity contribution >= 4 is 23.2 Å². The van der Waals surface area contributed by atoms with Crippen LogP contribution >= 0.6 is 0 Å². The molecular weight excluding hydrogens is 216 g/mol. The van der Waals surface area contributed by atoms with E-state index in [0.717, 1.165) is 0 Å². The van der Waals surface area contributed by atoms with Gasteiger partial charge in [-0.15, -0.1) is 0 Å². The molecule has 17 heavy (non-hydrogen) atoms. The summed E-state index contributed by atoms with van der Waals surface area (Å²) in [5, 5.41) is 0. The maximum absolute atomic E-state index is 12.2. The summed E-state index contributed by atoms with van der Waals surface area (Å²) >= 11 is 0. The number of benzene rings is 1. The van der Waals surface area contributed by atoms with Crippen LogP contribution in [0.25, 0.3) is 0 Å². The smallest absolute Gasteiger partial charge is 0.240 e. The number of carbonyl (C=O) groups excluding carboxylic acids is 2. The second kappa shape index (κ2) is 3.87. The van der Waals surface area contributed by atoms with Gasteiger partial charge in [-0.3, -0.25) is 9.59 Å². The molecule has 4 heteroatoms. The predicted molar refractivity (Wildman–Crippen MR) is 66.4 cm³/mol. The van der Waals surface area contributed by atoms with Crippen molar-refractivity contribution in [2.24, 2.45) is 5.41 Å². The van der Waals surface area contributed by atoms with Gasteiger partial charge in [-0.25, -0.2) is 4.90 Å². The van der Waals surface area contributed by atoms with Crippen molar-refractivity contribution in [3.8, 4) is 0 Å². The van der Waals surface area contributed by atoms with E-state index < -0.39 is 5.41 Å². The molecule has 1 aromatic carbocycles. The molecule has 0 bridgehead atoms. The van der Waals surface area contributed by atoms with Gasteiger partial charge in [0.2, 0.25) is 11.8 Å². The molecule has 1 fully saturated rings. The highest BCUT2D eigenvalue weighted by Crippen LogP contribution is 2.38. The van der Waals surface area contributed by atoms with Crippen LogP contribution in [0.4, 0.5) is 11.4 Å². The van der Waals surface area contributed by atoms with Crippen molar-refractivity contribution in [2.75, 3.05) is 10.6 Å². The van der Waals surface area contributed by atoms with Crippen LogP contribution in [0, 0.1) is 5.41 Å². The average Bonchev–Trinajstić information content (AvgIpc) is 2.50. The third-order valence-corrected chi connectivity index (χ3v) is 3.42. The number of hydrogen-bond acceptors (Lipinski definition) is 3. The molecule has 4 nitrogen and oxygen atoms in total. The number of nitrogens with zero attached hydrogens (tertiary/aromatic N) is 1. The van der Waals surface area contributed by atoms with Gasteiger partial charge in [-0.05, 0) is 24.6 Å². The highest BCUT2D eigenvalue weighted by Gasteiger charge is 2.47. The van der Waals surface area contributed by atoms with Crippen LogP contribution in [0.1, 0.15) is 26.7 Å². The fourth-order valence-electron chi connectivity index (χ4n) is 2.07. The first kappa shape index (κ1) is 11.6. The molecule has 1 saturated heterocycles. The summed E-state index contributed by atoms with van der Waals surface area (Å²) in [5.74, 6) is -0.277. The lowest BCUT2D eigenvalue weighted by molar-refractivity contribution is -0.125. The van der Waals surface area contributed by atoms with Crippen molar-refractivity contribution in [1.29, 1.82) is 0 Å². The summed E-state index contributed by atoms with van der Waals surface area (Å²) in [6, 6.07) is 6.85. The van der Waals surface area contributed by atoms with E-state index in [-0.39, 0.29) is 18.2 Å². The van der Waals surface area contributed by atoms with E-state index in [1.807, 2.05) is 13.8 Å².